The Morgan fingerprint density at radius 3 is 1.73 bits per heavy atom. The molecule has 0 N–H and O–H groups in total. The Hall–Kier alpha value is -5.19. The molecule has 3 aliphatic heterocycles. The molecular weight excluding hydrogens is 807 g/mol. The van der Waals surface area contributed by atoms with Gasteiger partial charge < -0.3 is 52.1 Å². The summed E-state index contributed by atoms with van der Waals surface area (Å²) in [7, 11) is 3.11. The predicted octanol–water partition coefficient (Wildman–Crippen LogP) is 8.24. The molecule has 0 amide bonds. The summed E-state index contributed by atoms with van der Waals surface area (Å²) < 4.78 is 71.7. The molecular formula is C49H53N3O11. The van der Waals surface area contributed by atoms with Gasteiger partial charge in [-0.3, -0.25) is 0 Å². The van der Waals surface area contributed by atoms with Crippen LogP contribution >= 0.6 is 0 Å². The second kappa shape index (κ2) is 22.4. The zero-order chi connectivity index (χ0) is 43.2. The lowest BCUT2D eigenvalue weighted by Crippen LogP contribution is -2.66. The summed E-state index contributed by atoms with van der Waals surface area (Å²) in [5.74, 6) is 0.717. The van der Waals surface area contributed by atoms with Crippen LogP contribution in [0.2, 0.25) is 0 Å². The summed E-state index contributed by atoms with van der Waals surface area (Å²) >= 11 is 0. The summed E-state index contributed by atoms with van der Waals surface area (Å²) in [5, 5.41) is 4.18. The predicted molar refractivity (Wildman–Crippen MR) is 230 cm³/mol. The summed E-state index contributed by atoms with van der Waals surface area (Å²) in [6.07, 6.45) is -8.45. The molecule has 3 fully saturated rings. The standard InChI is InChI=1S/C49H53N3O11/c1-53-38-25-23-36(24-26-38)30-58-46-45(57-29-35-19-11-5-12-20-35)42(56-28-34-17-9-4-10-18-34)39(31-55-27-33-15-7-3-8-16-33)61-49(46)63-44-41(51-52-50)48(54-2)60-40-32-59-47(62-43(40)44)37-21-13-6-14-22-37/h3-26,39-49H,27-32H2,1-2H3/t39-,40-,41-,42+,43-,44-,45+,46-,47-,48+,49-/m1/s1. The first-order chi connectivity index (χ1) is 31.1. The molecule has 5 aromatic carbocycles. The van der Waals surface area contributed by atoms with Crippen LogP contribution in [-0.4, -0.2) is 88.8 Å². The number of rotatable bonds is 19. The van der Waals surface area contributed by atoms with Crippen molar-refractivity contribution in [2.75, 3.05) is 27.4 Å². The monoisotopic (exact) mass is 859 g/mol. The maximum Gasteiger partial charge on any atom is 0.187 e. The highest BCUT2D eigenvalue weighted by atomic mass is 16.8. The Morgan fingerprint density at radius 1 is 0.587 bits per heavy atom. The zero-order valence-electron chi connectivity index (χ0n) is 35.3. The van der Waals surface area contributed by atoms with E-state index >= 15 is 0 Å². The van der Waals surface area contributed by atoms with Gasteiger partial charge in [-0.1, -0.05) is 139 Å². The highest BCUT2D eigenvalue weighted by Crippen LogP contribution is 2.40. The molecule has 0 spiro atoms. The second-order valence-corrected chi connectivity index (χ2v) is 15.4. The van der Waals surface area contributed by atoms with E-state index in [2.05, 4.69) is 10.0 Å². The lowest BCUT2D eigenvalue weighted by molar-refractivity contribution is -0.381. The van der Waals surface area contributed by atoms with Gasteiger partial charge >= 0.3 is 0 Å². The number of benzene rings is 5. The number of azide groups is 1. The van der Waals surface area contributed by atoms with E-state index in [4.69, 9.17) is 52.1 Å². The van der Waals surface area contributed by atoms with E-state index in [0.717, 1.165) is 27.8 Å². The first-order valence-corrected chi connectivity index (χ1v) is 21.1. The topological polar surface area (TPSA) is 150 Å². The first kappa shape index (κ1) is 44.4. The quantitative estimate of drug-likeness (QED) is 0.0449. The molecule has 0 aromatic heterocycles. The molecule has 3 heterocycles. The molecule has 11 atom stereocenters. The third-order valence-corrected chi connectivity index (χ3v) is 11.2. The minimum absolute atomic E-state index is 0.116. The van der Waals surface area contributed by atoms with E-state index in [-0.39, 0.29) is 33.0 Å². The van der Waals surface area contributed by atoms with Crippen molar-refractivity contribution in [1.82, 2.24) is 0 Å². The van der Waals surface area contributed by atoms with Crippen molar-refractivity contribution >= 4 is 0 Å². The van der Waals surface area contributed by atoms with E-state index < -0.39 is 67.6 Å². The summed E-state index contributed by atoms with van der Waals surface area (Å²) in [6, 6.07) is 46.0. The van der Waals surface area contributed by atoms with Crippen LogP contribution in [0.1, 0.15) is 34.1 Å². The smallest absolute Gasteiger partial charge is 0.187 e. The summed E-state index contributed by atoms with van der Waals surface area (Å²) in [5.41, 5.74) is 14.5. The number of ether oxygens (including phenoxy) is 11. The van der Waals surface area contributed by atoms with Crippen molar-refractivity contribution in [3.05, 3.63) is 184 Å². The molecule has 5 aromatic rings. The summed E-state index contributed by atoms with van der Waals surface area (Å²) in [6.45, 7) is 1.26. The average molecular weight is 860 g/mol. The molecule has 8 rings (SSSR count). The van der Waals surface area contributed by atoms with Gasteiger partial charge in [-0.15, -0.1) is 0 Å². The minimum atomic E-state index is -1.15. The fraction of sp³-hybridized carbons (Fsp3) is 0.388. The number of hydrogen-bond donors (Lipinski definition) is 0. The van der Waals surface area contributed by atoms with Gasteiger partial charge in [0.15, 0.2) is 18.9 Å². The SMILES string of the molecule is COc1ccc(CO[C@H]2[C@@H](O[C@@H]3[C@@H](N=[N+]=[N-])[C@@H](OC)O[C@@H]4CO[C@@H](c5ccccc5)O[C@@H]34)O[C@H](COCc3ccccc3)[C@H](OCc3ccccc3)[C@@H]2OCc2ccccc2)cc1. The lowest BCUT2D eigenvalue weighted by Gasteiger charge is -2.51. The zero-order valence-corrected chi connectivity index (χ0v) is 35.3. The second-order valence-electron chi connectivity index (χ2n) is 15.4. The van der Waals surface area contributed by atoms with Crippen LogP contribution in [0.3, 0.4) is 0 Å². The fourth-order valence-electron chi connectivity index (χ4n) is 8.03. The largest absolute Gasteiger partial charge is 0.497 e. The van der Waals surface area contributed by atoms with Gasteiger partial charge in [0.25, 0.3) is 0 Å². The highest BCUT2D eigenvalue weighted by Gasteiger charge is 2.55. The van der Waals surface area contributed by atoms with Crippen molar-refractivity contribution in [3.8, 4) is 5.75 Å². The van der Waals surface area contributed by atoms with Gasteiger partial charge in [-0.05, 0) is 39.9 Å². The van der Waals surface area contributed by atoms with Crippen molar-refractivity contribution in [2.24, 2.45) is 5.11 Å². The normalized spacial score (nSPS) is 28.1. The van der Waals surface area contributed by atoms with Gasteiger partial charge in [-0.25, -0.2) is 0 Å². The third kappa shape index (κ3) is 11.5. The Morgan fingerprint density at radius 2 is 1.14 bits per heavy atom. The Balaban J connectivity index is 1.17. The minimum Gasteiger partial charge on any atom is -0.497 e. The summed E-state index contributed by atoms with van der Waals surface area (Å²) in [4.78, 5) is 3.20. The van der Waals surface area contributed by atoms with E-state index in [0.29, 0.717) is 12.4 Å². The van der Waals surface area contributed by atoms with Gasteiger partial charge in [0, 0.05) is 17.6 Å². The molecule has 0 aliphatic carbocycles. The van der Waals surface area contributed by atoms with E-state index in [9.17, 15) is 5.53 Å². The molecule has 14 nitrogen and oxygen atoms in total. The Kier molecular flexibility index (Phi) is 15.8. The van der Waals surface area contributed by atoms with Crippen LogP contribution in [-0.2, 0) is 73.8 Å². The van der Waals surface area contributed by atoms with Crippen molar-refractivity contribution in [1.29, 1.82) is 0 Å². The third-order valence-electron chi connectivity index (χ3n) is 11.2. The van der Waals surface area contributed by atoms with Crippen LogP contribution in [0.4, 0.5) is 0 Å². The van der Waals surface area contributed by atoms with Gasteiger partial charge in [0.2, 0.25) is 0 Å². The number of methoxy groups -OCH3 is 2. The highest BCUT2D eigenvalue weighted by molar-refractivity contribution is 5.27. The average Bonchev–Trinajstić information content (AvgIpc) is 3.34. The van der Waals surface area contributed by atoms with E-state index in [1.54, 1.807) is 7.11 Å². The van der Waals surface area contributed by atoms with Crippen molar-refractivity contribution in [3.63, 3.8) is 0 Å². The Labute approximate surface area is 367 Å². The van der Waals surface area contributed by atoms with Crippen LogP contribution in [0.15, 0.2) is 151 Å². The van der Waals surface area contributed by atoms with Gasteiger partial charge in [0.1, 0.15) is 54.5 Å². The van der Waals surface area contributed by atoms with Gasteiger partial charge in [0.05, 0.1) is 46.8 Å². The van der Waals surface area contributed by atoms with Crippen LogP contribution in [0.25, 0.3) is 10.4 Å². The number of hydrogen-bond acceptors (Lipinski definition) is 12. The fourth-order valence-corrected chi connectivity index (χ4v) is 8.03. The molecule has 0 unspecified atom stereocenters. The number of nitrogens with zero attached hydrogens (tertiary/aromatic N) is 3. The molecule has 14 heteroatoms. The van der Waals surface area contributed by atoms with Crippen LogP contribution in [0.5, 0.6) is 5.75 Å². The van der Waals surface area contributed by atoms with Crippen molar-refractivity contribution < 1.29 is 52.1 Å². The van der Waals surface area contributed by atoms with Crippen LogP contribution < -0.4 is 4.74 Å². The lowest BCUT2D eigenvalue weighted by atomic mass is 9.94. The Bertz CT molecular complexity index is 2150. The molecule has 0 bridgehead atoms. The molecule has 0 saturated carbocycles. The van der Waals surface area contributed by atoms with Crippen molar-refractivity contribution in [2.45, 2.75) is 94.1 Å². The molecule has 63 heavy (non-hydrogen) atoms. The van der Waals surface area contributed by atoms with Gasteiger partial charge in [-0.2, -0.15) is 0 Å². The number of fused-ring (bicyclic) bond motifs is 1. The maximum atomic E-state index is 9.93. The molecule has 3 saturated heterocycles. The first-order valence-electron chi connectivity index (χ1n) is 21.1. The van der Waals surface area contributed by atoms with E-state index in [1.807, 2.05) is 146 Å². The molecule has 0 radical (unpaired) electrons. The van der Waals surface area contributed by atoms with Crippen LogP contribution in [0, 0.1) is 0 Å². The van der Waals surface area contributed by atoms with E-state index in [1.165, 1.54) is 7.11 Å². The maximum absolute atomic E-state index is 9.93. The molecule has 330 valence electrons. The molecule has 3 aliphatic rings.